The molecule has 19 heavy (non-hydrogen) atoms. The fourth-order valence-electron chi connectivity index (χ4n) is 1.31. The van der Waals surface area contributed by atoms with Gasteiger partial charge in [-0.05, 0) is 48.5 Å². The maximum Gasteiger partial charge on any atom is 1.00 e. The third-order valence-corrected chi connectivity index (χ3v) is 3.01. The van der Waals surface area contributed by atoms with Crippen LogP contribution in [0.25, 0.3) is 0 Å². The van der Waals surface area contributed by atoms with Crippen LogP contribution in [0.3, 0.4) is 0 Å². The molecule has 0 aliphatic rings. The zero-order chi connectivity index (χ0) is 13.2. The summed E-state index contributed by atoms with van der Waals surface area (Å²) in [5, 5.41) is 0. The molecule has 0 aliphatic carbocycles. The molecule has 0 bridgehead atoms. The zero-order valence-electron chi connectivity index (χ0n) is 10.0. The van der Waals surface area contributed by atoms with E-state index in [1.165, 1.54) is 36.4 Å². The van der Waals surface area contributed by atoms with E-state index < -0.39 is 10.1 Å². The van der Waals surface area contributed by atoms with Crippen LogP contribution in [0.1, 0.15) is 0 Å². The Morgan fingerprint density at radius 3 is 1.74 bits per heavy atom. The first kappa shape index (κ1) is 16.1. The van der Waals surface area contributed by atoms with E-state index in [1.807, 2.05) is 0 Å². The Morgan fingerprint density at radius 1 is 0.895 bits per heavy atom. The van der Waals surface area contributed by atoms with Gasteiger partial charge in [-0.1, -0.05) is 0 Å². The summed E-state index contributed by atoms with van der Waals surface area (Å²) in [5.74, 6) is 0.387. The summed E-state index contributed by atoms with van der Waals surface area (Å²) in [6.45, 7) is 0. The minimum atomic E-state index is -4.45. The molecule has 0 amide bonds. The van der Waals surface area contributed by atoms with Crippen molar-refractivity contribution in [3.63, 3.8) is 0 Å². The summed E-state index contributed by atoms with van der Waals surface area (Å²) < 4.78 is 50.1. The molecule has 0 radical (unpaired) electrons. The number of benzene rings is 2. The summed E-state index contributed by atoms with van der Waals surface area (Å²) in [6.07, 6.45) is 0. The standard InChI is InChI=1S/C12H9FO4S.Na/c13-9-1-3-10(4-2-9)17-11-5-7-12(8-6-11)18(14,15)16;/h1-8H,(H,14,15,16);/q;+1/p-1. The monoisotopic (exact) mass is 290 g/mol. The minimum absolute atomic E-state index is 0. The van der Waals surface area contributed by atoms with Gasteiger partial charge in [0.05, 0.1) is 4.90 Å². The van der Waals surface area contributed by atoms with E-state index in [9.17, 15) is 17.4 Å². The fraction of sp³-hybridized carbons (Fsp3) is 0. The number of halogens is 1. The molecule has 0 saturated carbocycles. The van der Waals surface area contributed by atoms with E-state index in [-0.39, 0.29) is 40.3 Å². The average Bonchev–Trinajstić information content (AvgIpc) is 2.32. The van der Waals surface area contributed by atoms with Crippen LogP contribution in [0.5, 0.6) is 11.5 Å². The molecule has 0 heterocycles. The summed E-state index contributed by atoms with van der Waals surface area (Å²) in [7, 11) is -4.45. The second kappa shape index (κ2) is 6.49. The van der Waals surface area contributed by atoms with E-state index in [4.69, 9.17) is 4.74 Å². The van der Waals surface area contributed by atoms with Crippen LogP contribution < -0.4 is 34.3 Å². The van der Waals surface area contributed by atoms with Gasteiger partial charge >= 0.3 is 29.6 Å². The number of hydrogen-bond acceptors (Lipinski definition) is 4. The fourth-order valence-corrected chi connectivity index (χ4v) is 1.78. The van der Waals surface area contributed by atoms with Gasteiger partial charge in [-0.3, -0.25) is 0 Å². The van der Waals surface area contributed by atoms with E-state index in [0.29, 0.717) is 11.5 Å². The van der Waals surface area contributed by atoms with Crippen LogP contribution in [0.4, 0.5) is 4.39 Å². The van der Waals surface area contributed by atoms with Gasteiger partial charge in [0.25, 0.3) is 0 Å². The minimum Gasteiger partial charge on any atom is -0.744 e. The molecule has 0 atom stereocenters. The van der Waals surface area contributed by atoms with Crippen molar-refractivity contribution in [1.29, 1.82) is 0 Å². The molecule has 4 nitrogen and oxygen atoms in total. The predicted molar refractivity (Wildman–Crippen MR) is 60.9 cm³/mol. The van der Waals surface area contributed by atoms with Crippen LogP contribution >= 0.6 is 0 Å². The largest absolute Gasteiger partial charge is 1.00 e. The summed E-state index contributed by atoms with van der Waals surface area (Å²) >= 11 is 0. The Kier molecular flexibility index (Phi) is 5.51. The van der Waals surface area contributed by atoms with Crippen molar-refractivity contribution in [2.45, 2.75) is 4.90 Å². The van der Waals surface area contributed by atoms with E-state index >= 15 is 0 Å². The maximum absolute atomic E-state index is 12.7. The third-order valence-electron chi connectivity index (χ3n) is 2.16. The third kappa shape index (κ3) is 4.59. The molecule has 0 unspecified atom stereocenters. The second-order valence-electron chi connectivity index (χ2n) is 3.48. The Bertz CT molecular complexity index is 638. The topological polar surface area (TPSA) is 66.4 Å². The van der Waals surface area contributed by atoms with E-state index in [0.717, 1.165) is 12.1 Å². The SMILES string of the molecule is O=S(=O)([O-])c1ccc(Oc2ccc(F)cc2)cc1.[Na+]. The molecule has 0 aliphatic heterocycles. The van der Waals surface area contributed by atoms with Gasteiger partial charge in [-0.25, -0.2) is 12.8 Å². The molecule has 0 spiro atoms. The predicted octanol–water partition coefficient (Wildman–Crippen LogP) is -0.474. The van der Waals surface area contributed by atoms with Crippen molar-refractivity contribution in [3.05, 3.63) is 54.3 Å². The Morgan fingerprint density at radius 2 is 1.32 bits per heavy atom. The van der Waals surface area contributed by atoms with Crippen LogP contribution in [-0.4, -0.2) is 13.0 Å². The summed E-state index contributed by atoms with van der Waals surface area (Å²) in [5.41, 5.74) is 0. The number of ether oxygens (including phenoxy) is 1. The van der Waals surface area contributed by atoms with Crippen LogP contribution in [-0.2, 0) is 10.1 Å². The molecular formula is C12H8FNaO4S. The molecule has 2 aromatic rings. The van der Waals surface area contributed by atoms with Crippen LogP contribution in [0.15, 0.2) is 53.4 Å². The maximum atomic E-state index is 12.7. The quantitative estimate of drug-likeness (QED) is 0.566. The van der Waals surface area contributed by atoms with Crippen molar-refractivity contribution in [2.75, 3.05) is 0 Å². The normalized spacial score (nSPS) is 10.6. The summed E-state index contributed by atoms with van der Waals surface area (Å²) in [6, 6.07) is 10.4. The van der Waals surface area contributed by atoms with Gasteiger partial charge in [0, 0.05) is 0 Å². The molecule has 2 rings (SSSR count). The average molecular weight is 290 g/mol. The molecule has 2 aromatic carbocycles. The number of rotatable bonds is 3. The van der Waals surface area contributed by atoms with Crippen molar-refractivity contribution in [1.82, 2.24) is 0 Å². The molecule has 94 valence electrons. The van der Waals surface area contributed by atoms with Gasteiger partial charge < -0.3 is 9.29 Å². The molecule has 0 aromatic heterocycles. The molecule has 0 fully saturated rings. The first-order valence-corrected chi connectivity index (χ1v) is 6.35. The molecule has 0 N–H and O–H groups in total. The first-order chi connectivity index (χ1) is 8.45. The van der Waals surface area contributed by atoms with Gasteiger partial charge in [0.1, 0.15) is 27.4 Å². The Labute approximate surface area is 132 Å². The van der Waals surface area contributed by atoms with Gasteiger partial charge in [0.15, 0.2) is 0 Å². The second-order valence-corrected chi connectivity index (χ2v) is 4.86. The van der Waals surface area contributed by atoms with E-state index in [1.54, 1.807) is 0 Å². The molecule has 7 heteroatoms. The smallest absolute Gasteiger partial charge is 0.744 e. The molecule has 0 saturated heterocycles. The van der Waals surface area contributed by atoms with Gasteiger partial charge in [0.2, 0.25) is 0 Å². The van der Waals surface area contributed by atoms with Gasteiger partial charge in [-0.15, -0.1) is 0 Å². The van der Waals surface area contributed by atoms with Crippen molar-refractivity contribution in [2.24, 2.45) is 0 Å². The van der Waals surface area contributed by atoms with Crippen LogP contribution in [0.2, 0.25) is 0 Å². The summed E-state index contributed by atoms with van der Waals surface area (Å²) in [4.78, 5) is -0.325. The Hall–Kier alpha value is -0.920. The zero-order valence-corrected chi connectivity index (χ0v) is 12.9. The van der Waals surface area contributed by atoms with Gasteiger partial charge in [-0.2, -0.15) is 0 Å². The molecular weight excluding hydrogens is 282 g/mol. The van der Waals surface area contributed by atoms with Crippen molar-refractivity contribution < 1.29 is 51.7 Å². The van der Waals surface area contributed by atoms with Crippen molar-refractivity contribution in [3.8, 4) is 11.5 Å². The van der Waals surface area contributed by atoms with E-state index in [2.05, 4.69) is 0 Å². The Balaban J connectivity index is 0.00000180. The van der Waals surface area contributed by atoms with Crippen molar-refractivity contribution >= 4 is 10.1 Å². The first-order valence-electron chi connectivity index (χ1n) is 4.94. The van der Waals surface area contributed by atoms with Crippen LogP contribution in [0, 0.1) is 5.82 Å². The number of hydrogen-bond donors (Lipinski definition) is 0.